The number of nitrogens with zero attached hydrogens (tertiary/aromatic N) is 2. The molecule has 4 rings (SSSR count). The molecule has 4 nitrogen and oxygen atoms in total. The molecule has 0 amide bonds. The van der Waals surface area contributed by atoms with Gasteiger partial charge in [0.25, 0.3) is 5.56 Å². The second-order valence-electron chi connectivity index (χ2n) is 5.54. The van der Waals surface area contributed by atoms with E-state index in [1.807, 2.05) is 30.3 Å². The van der Waals surface area contributed by atoms with Crippen LogP contribution in [0.25, 0.3) is 33.5 Å². The third-order valence-corrected chi connectivity index (χ3v) is 4.03. The molecule has 0 saturated heterocycles. The normalized spacial score (nSPS) is 11.1. The highest BCUT2D eigenvalue weighted by molar-refractivity contribution is 5.92. The number of rotatable bonds is 2. The SMILES string of the molecule is Cn1c(-c2cccc(F)c2)cc2onc(-c3ccccc3)c2c1=O. The van der Waals surface area contributed by atoms with Crippen LogP contribution in [0, 0.1) is 5.82 Å². The molecule has 0 spiro atoms. The molecule has 0 aliphatic rings. The molecule has 2 aromatic heterocycles. The Morgan fingerprint density at radius 2 is 1.75 bits per heavy atom. The van der Waals surface area contributed by atoms with Crippen LogP contribution in [-0.2, 0) is 7.05 Å². The number of aromatic nitrogens is 2. The van der Waals surface area contributed by atoms with Crippen molar-refractivity contribution < 1.29 is 8.91 Å². The highest BCUT2D eigenvalue weighted by atomic mass is 19.1. The van der Waals surface area contributed by atoms with Crippen LogP contribution in [0.4, 0.5) is 4.39 Å². The van der Waals surface area contributed by atoms with Crippen molar-refractivity contribution in [3.05, 3.63) is 76.8 Å². The summed E-state index contributed by atoms with van der Waals surface area (Å²) in [5.41, 5.74) is 2.66. The standard InChI is InChI=1S/C19H13FN2O2/c1-22-15(13-8-5-9-14(20)10-13)11-16-17(19(22)23)18(21-24-16)12-6-3-2-4-7-12/h2-11H,1H3. The Morgan fingerprint density at radius 3 is 2.50 bits per heavy atom. The average molecular weight is 320 g/mol. The zero-order valence-corrected chi connectivity index (χ0v) is 12.9. The van der Waals surface area contributed by atoms with Crippen molar-refractivity contribution in [2.24, 2.45) is 7.05 Å². The summed E-state index contributed by atoms with van der Waals surface area (Å²) in [6.07, 6.45) is 0. The third kappa shape index (κ3) is 2.22. The summed E-state index contributed by atoms with van der Waals surface area (Å²) in [5.74, 6) is -0.359. The van der Waals surface area contributed by atoms with Gasteiger partial charge < -0.3 is 9.09 Å². The topological polar surface area (TPSA) is 48.0 Å². The molecule has 0 unspecified atom stereocenters. The second kappa shape index (κ2) is 5.45. The van der Waals surface area contributed by atoms with Gasteiger partial charge in [-0.1, -0.05) is 47.6 Å². The van der Waals surface area contributed by atoms with E-state index >= 15 is 0 Å². The van der Waals surface area contributed by atoms with Gasteiger partial charge >= 0.3 is 0 Å². The van der Waals surface area contributed by atoms with Gasteiger partial charge in [-0.15, -0.1) is 0 Å². The molecule has 0 aliphatic heterocycles. The van der Waals surface area contributed by atoms with Crippen molar-refractivity contribution in [1.82, 2.24) is 9.72 Å². The highest BCUT2D eigenvalue weighted by Gasteiger charge is 2.18. The number of fused-ring (bicyclic) bond motifs is 1. The van der Waals surface area contributed by atoms with E-state index in [-0.39, 0.29) is 11.4 Å². The molecule has 118 valence electrons. The molecule has 0 fully saturated rings. The van der Waals surface area contributed by atoms with E-state index in [1.54, 1.807) is 25.2 Å². The Bertz CT molecular complexity index is 1100. The minimum Gasteiger partial charge on any atom is -0.355 e. The molecule has 0 N–H and O–H groups in total. The minimum atomic E-state index is -0.359. The lowest BCUT2D eigenvalue weighted by atomic mass is 10.1. The molecular weight excluding hydrogens is 307 g/mol. The Hall–Kier alpha value is -3.21. The molecule has 0 aliphatic carbocycles. The predicted molar refractivity (Wildman–Crippen MR) is 90.1 cm³/mol. The molecular formula is C19H13FN2O2. The van der Waals surface area contributed by atoms with Gasteiger partial charge in [0.2, 0.25) is 0 Å². The van der Waals surface area contributed by atoms with Gasteiger partial charge in [-0.05, 0) is 12.1 Å². The van der Waals surface area contributed by atoms with E-state index in [0.717, 1.165) is 5.56 Å². The first-order valence-electron chi connectivity index (χ1n) is 7.46. The van der Waals surface area contributed by atoms with Gasteiger partial charge in [0.15, 0.2) is 5.58 Å². The van der Waals surface area contributed by atoms with Gasteiger partial charge in [0.05, 0.1) is 5.69 Å². The van der Waals surface area contributed by atoms with Crippen LogP contribution in [0.2, 0.25) is 0 Å². The first-order chi connectivity index (χ1) is 11.6. The Kier molecular flexibility index (Phi) is 3.27. The molecule has 0 saturated carbocycles. The van der Waals surface area contributed by atoms with E-state index in [1.165, 1.54) is 16.7 Å². The van der Waals surface area contributed by atoms with Crippen LogP contribution in [0.5, 0.6) is 0 Å². The van der Waals surface area contributed by atoms with E-state index in [0.29, 0.717) is 27.9 Å². The quantitative estimate of drug-likeness (QED) is 0.561. The first kappa shape index (κ1) is 14.4. The lowest BCUT2D eigenvalue weighted by molar-refractivity contribution is 0.459. The molecule has 0 radical (unpaired) electrons. The smallest absolute Gasteiger partial charge is 0.264 e. The van der Waals surface area contributed by atoms with Gasteiger partial charge in [-0.2, -0.15) is 0 Å². The van der Waals surface area contributed by atoms with E-state index in [9.17, 15) is 9.18 Å². The van der Waals surface area contributed by atoms with Gasteiger partial charge in [0.1, 0.15) is 16.9 Å². The summed E-state index contributed by atoms with van der Waals surface area (Å²) in [6, 6.07) is 17.2. The van der Waals surface area contributed by atoms with E-state index in [4.69, 9.17) is 4.52 Å². The summed E-state index contributed by atoms with van der Waals surface area (Å²) in [5, 5.41) is 4.48. The van der Waals surface area contributed by atoms with Crippen molar-refractivity contribution in [3.8, 4) is 22.5 Å². The zero-order valence-electron chi connectivity index (χ0n) is 12.9. The van der Waals surface area contributed by atoms with Crippen LogP contribution in [0.3, 0.4) is 0 Å². The zero-order chi connectivity index (χ0) is 16.7. The highest BCUT2D eigenvalue weighted by Crippen LogP contribution is 2.28. The van der Waals surface area contributed by atoms with Crippen molar-refractivity contribution >= 4 is 11.0 Å². The fourth-order valence-corrected chi connectivity index (χ4v) is 2.82. The van der Waals surface area contributed by atoms with Crippen molar-refractivity contribution in [3.63, 3.8) is 0 Å². The predicted octanol–water partition coefficient (Wildman–Crippen LogP) is 4.00. The number of hydrogen-bond acceptors (Lipinski definition) is 3. The fraction of sp³-hybridized carbons (Fsp3) is 0.0526. The number of benzene rings is 2. The maximum absolute atomic E-state index is 13.5. The lowest BCUT2D eigenvalue weighted by Gasteiger charge is -2.08. The monoisotopic (exact) mass is 320 g/mol. The van der Waals surface area contributed by atoms with Gasteiger partial charge in [0, 0.05) is 24.2 Å². The van der Waals surface area contributed by atoms with Crippen molar-refractivity contribution in [2.45, 2.75) is 0 Å². The molecule has 0 bridgehead atoms. The maximum atomic E-state index is 13.5. The Morgan fingerprint density at radius 1 is 1.00 bits per heavy atom. The summed E-state index contributed by atoms with van der Waals surface area (Å²) in [4.78, 5) is 12.8. The van der Waals surface area contributed by atoms with Crippen molar-refractivity contribution in [2.75, 3.05) is 0 Å². The Balaban J connectivity index is 1.99. The number of hydrogen-bond donors (Lipinski definition) is 0. The lowest BCUT2D eigenvalue weighted by Crippen LogP contribution is -2.18. The molecule has 2 heterocycles. The summed E-state index contributed by atoms with van der Waals surface area (Å²) in [7, 11) is 1.66. The van der Waals surface area contributed by atoms with E-state index < -0.39 is 0 Å². The maximum Gasteiger partial charge on any atom is 0.264 e. The van der Waals surface area contributed by atoms with E-state index in [2.05, 4.69) is 5.16 Å². The average Bonchev–Trinajstić information content (AvgIpc) is 3.03. The number of pyridine rings is 1. The third-order valence-electron chi connectivity index (χ3n) is 4.03. The summed E-state index contributed by atoms with van der Waals surface area (Å²) < 4.78 is 20.4. The van der Waals surface area contributed by atoms with Crippen LogP contribution in [0.1, 0.15) is 0 Å². The minimum absolute atomic E-state index is 0.230. The summed E-state index contributed by atoms with van der Waals surface area (Å²) in [6.45, 7) is 0. The van der Waals surface area contributed by atoms with Gasteiger partial charge in [-0.25, -0.2) is 4.39 Å². The fourth-order valence-electron chi connectivity index (χ4n) is 2.82. The van der Waals surface area contributed by atoms with Crippen LogP contribution in [0.15, 0.2) is 70.0 Å². The molecule has 24 heavy (non-hydrogen) atoms. The largest absolute Gasteiger partial charge is 0.355 e. The van der Waals surface area contributed by atoms with Crippen molar-refractivity contribution in [1.29, 1.82) is 0 Å². The summed E-state index contributed by atoms with van der Waals surface area (Å²) >= 11 is 0. The number of halogens is 1. The molecule has 0 atom stereocenters. The molecule has 5 heteroatoms. The second-order valence-corrected chi connectivity index (χ2v) is 5.54. The first-order valence-corrected chi connectivity index (χ1v) is 7.46. The van der Waals surface area contributed by atoms with Gasteiger partial charge in [-0.3, -0.25) is 4.79 Å². The molecule has 4 aromatic rings. The Labute approximate surface area is 136 Å². The van der Waals surface area contributed by atoms with Crippen LogP contribution in [-0.4, -0.2) is 9.72 Å². The van der Waals surface area contributed by atoms with Crippen LogP contribution >= 0.6 is 0 Å². The molecule has 2 aromatic carbocycles. The van der Waals surface area contributed by atoms with Crippen LogP contribution < -0.4 is 5.56 Å².